The molecule has 9 heteroatoms. The second-order valence-electron chi connectivity index (χ2n) is 6.71. The van der Waals surface area contributed by atoms with Crippen molar-refractivity contribution in [2.75, 3.05) is 23.8 Å². The molecule has 1 aromatic carbocycles. The van der Waals surface area contributed by atoms with Crippen LogP contribution in [0.25, 0.3) is 0 Å². The molecule has 0 fully saturated rings. The lowest BCUT2D eigenvalue weighted by Crippen LogP contribution is -2.21. The summed E-state index contributed by atoms with van der Waals surface area (Å²) in [5.41, 5.74) is 1.74. The number of pyridine rings is 1. The van der Waals surface area contributed by atoms with Crippen molar-refractivity contribution in [3.05, 3.63) is 65.0 Å². The summed E-state index contributed by atoms with van der Waals surface area (Å²) in [5, 5.41) is 14.7. The van der Waals surface area contributed by atoms with Crippen LogP contribution in [-0.2, 0) is 9.53 Å². The summed E-state index contributed by atoms with van der Waals surface area (Å²) in [7, 11) is 0. The normalized spacial score (nSPS) is 10.2. The zero-order chi connectivity index (χ0) is 23.1. The molecule has 0 atom stereocenters. The molecule has 0 saturated carbocycles. The molecule has 0 aliphatic carbocycles. The van der Waals surface area contributed by atoms with Crippen LogP contribution in [0, 0.1) is 25.2 Å². The van der Waals surface area contributed by atoms with E-state index in [4.69, 9.17) is 13.9 Å². The lowest BCUT2D eigenvalue weighted by Gasteiger charge is -2.11. The van der Waals surface area contributed by atoms with Gasteiger partial charge in [-0.25, -0.2) is 9.78 Å². The zero-order valence-corrected chi connectivity index (χ0v) is 17.9. The van der Waals surface area contributed by atoms with Gasteiger partial charge in [-0.2, -0.15) is 5.26 Å². The first-order valence-electron chi connectivity index (χ1n) is 9.84. The van der Waals surface area contributed by atoms with Crippen molar-refractivity contribution in [2.45, 2.75) is 20.8 Å². The molecule has 3 rings (SSSR count). The van der Waals surface area contributed by atoms with Gasteiger partial charge in [0.1, 0.15) is 34.5 Å². The van der Waals surface area contributed by atoms with Gasteiger partial charge in [-0.05, 0) is 57.2 Å². The molecule has 9 nitrogen and oxygen atoms in total. The van der Waals surface area contributed by atoms with Crippen molar-refractivity contribution in [3.8, 4) is 11.8 Å². The van der Waals surface area contributed by atoms with E-state index < -0.39 is 18.5 Å². The molecule has 0 radical (unpaired) electrons. The number of anilines is 3. The van der Waals surface area contributed by atoms with Crippen LogP contribution in [0.1, 0.15) is 34.2 Å². The number of carbonyl (C=O) groups is 2. The first-order valence-corrected chi connectivity index (χ1v) is 9.84. The Morgan fingerprint density at radius 3 is 2.62 bits per heavy atom. The number of hydrogen-bond donors (Lipinski definition) is 2. The smallest absolute Gasteiger partial charge is 0.342 e. The Kier molecular flexibility index (Phi) is 7.08. The second-order valence-corrected chi connectivity index (χ2v) is 6.71. The molecule has 164 valence electrons. The molecule has 2 aromatic heterocycles. The van der Waals surface area contributed by atoms with Crippen molar-refractivity contribution in [3.63, 3.8) is 0 Å². The molecule has 2 heterocycles. The Labute approximate surface area is 185 Å². The van der Waals surface area contributed by atoms with E-state index in [1.807, 2.05) is 13.0 Å². The summed E-state index contributed by atoms with van der Waals surface area (Å²) in [4.78, 5) is 28.9. The Bertz CT molecular complexity index is 1160. The van der Waals surface area contributed by atoms with Crippen molar-refractivity contribution in [1.82, 2.24) is 4.98 Å². The molecule has 0 aliphatic rings. The number of rotatable bonds is 8. The number of benzene rings is 1. The number of carbonyl (C=O) groups excluding carboxylic acids is 2. The van der Waals surface area contributed by atoms with Crippen molar-refractivity contribution < 1.29 is 23.5 Å². The molecule has 1 amide bonds. The molecule has 0 bridgehead atoms. The van der Waals surface area contributed by atoms with Gasteiger partial charge >= 0.3 is 5.97 Å². The highest BCUT2D eigenvalue weighted by molar-refractivity contribution is 5.98. The fourth-order valence-corrected chi connectivity index (χ4v) is 2.83. The number of aryl methyl sites for hydroxylation is 1. The fourth-order valence-electron chi connectivity index (χ4n) is 2.83. The number of amides is 1. The number of aromatic nitrogens is 1. The van der Waals surface area contributed by atoms with Crippen LogP contribution in [0.5, 0.6) is 5.75 Å². The van der Waals surface area contributed by atoms with Gasteiger partial charge in [0.25, 0.3) is 5.91 Å². The third-order valence-electron chi connectivity index (χ3n) is 4.54. The van der Waals surface area contributed by atoms with E-state index in [9.17, 15) is 14.9 Å². The average molecular weight is 434 g/mol. The van der Waals surface area contributed by atoms with E-state index in [2.05, 4.69) is 15.6 Å². The van der Waals surface area contributed by atoms with Crippen molar-refractivity contribution in [1.29, 1.82) is 5.26 Å². The fraction of sp³-hybridized carbons (Fsp3) is 0.217. The van der Waals surface area contributed by atoms with Gasteiger partial charge in [-0.3, -0.25) is 10.1 Å². The topological polar surface area (TPSA) is 126 Å². The summed E-state index contributed by atoms with van der Waals surface area (Å²) in [6.07, 6.45) is 1.53. The minimum Gasteiger partial charge on any atom is -0.494 e. The first-order chi connectivity index (χ1) is 15.4. The summed E-state index contributed by atoms with van der Waals surface area (Å²) < 4.78 is 15.9. The summed E-state index contributed by atoms with van der Waals surface area (Å²) in [6.45, 7) is 5.31. The van der Waals surface area contributed by atoms with Crippen molar-refractivity contribution >= 4 is 29.3 Å². The molecular weight excluding hydrogens is 412 g/mol. The Morgan fingerprint density at radius 2 is 1.94 bits per heavy atom. The SMILES string of the molecule is CCOc1ccc(Nc2ncccc2C(=O)OCC(=O)Nc2oc(C)c(C)c2C#N)cc1. The van der Waals surface area contributed by atoms with E-state index in [0.717, 1.165) is 5.75 Å². The number of furan rings is 1. The van der Waals surface area contributed by atoms with Crippen LogP contribution in [-0.4, -0.2) is 30.1 Å². The Hall–Kier alpha value is -4.32. The third-order valence-corrected chi connectivity index (χ3v) is 4.54. The lowest BCUT2D eigenvalue weighted by molar-refractivity contribution is -0.119. The molecule has 0 spiro atoms. The summed E-state index contributed by atoms with van der Waals surface area (Å²) >= 11 is 0. The van der Waals surface area contributed by atoms with Gasteiger partial charge in [0, 0.05) is 17.4 Å². The number of nitrogens with one attached hydrogen (secondary N) is 2. The van der Waals surface area contributed by atoms with Crippen LogP contribution in [0.4, 0.5) is 17.4 Å². The van der Waals surface area contributed by atoms with Gasteiger partial charge in [-0.1, -0.05) is 0 Å². The number of hydrogen-bond acceptors (Lipinski definition) is 8. The molecule has 2 N–H and O–H groups in total. The second kappa shape index (κ2) is 10.1. The summed E-state index contributed by atoms with van der Waals surface area (Å²) in [6, 6.07) is 12.3. The zero-order valence-electron chi connectivity index (χ0n) is 17.9. The highest BCUT2D eigenvalue weighted by Crippen LogP contribution is 2.25. The van der Waals surface area contributed by atoms with Crippen LogP contribution in [0.3, 0.4) is 0 Å². The van der Waals surface area contributed by atoms with Crippen molar-refractivity contribution in [2.24, 2.45) is 0 Å². The quantitative estimate of drug-likeness (QED) is 0.507. The van der Waals surface area contributed by atoms with Gasteiger partial charge in [0.05, 0.1) is 6.61 Å². The van der Waals surface area contributed by atoms with Gasteiger partial charge in [-0.15, -0.1) is 0 Å². The van der Waals surface area contributed by atoms with E-state index in [-0.39, 0.29) is 22.8 Å². The summed E-state index contributed by atoms with van der Waals surface area (Å²) in [5.74, 6) is 0.205. The Morgan fingerprint density at radius 1 is 1.19 bits per heavy atom. The predicted octanol–water partition coefficient (Wildman–Crippen LogP) is 4.10. The van der Waals surface area contributed by atoms with Gasteiger partial charge in [0.2, 0.25) is 5.88 Å². The highest BCUT2D eigenvalue weighted by atomic mass is 16.5. The molecular formula is C23H22N4O5. The minimum atomic E-state index is -0.728. The van der Waals surface area contributed by atoms with Crippen LogP contribution in [0.15, 0.2) is 47.0 Å². The molecule has 3 aromatic rings. The van der Waals surface area contributed by atoms with Crippen LogP contribution in [0.2, 0.25) is 0 Å². The number of nitriles is 1. The first kappa shape index (κ1) is 22.4. The molecule has 32 heavy (non-hydrogen) atoms. The number of esters is 1. The maximum absolute atomic E-state index is 12.6. The van der Waals surface area contributed by atoms with Gasteiger partial charge < -0.3 is 19.2 Å². The largest absolute Gasteiger partial charge is 0.494 e. The number of ether oxygens (including phenoxy) is 2. The standard InChI is InChI=1S/C23H22N4O5/c1-4-30-17-9-7-16(8-10-17)26-21-18(6-5-11-25-21)23(29)31-13-20(28)27-22-19(12-24)14(2)15(3)32-22/h5-11H,4,13H2,1-3H3,(H,25,26)(H,27,28). The van der Waals surface area contributed by atoms with E-state index in [0.29, 0.717) is 23.6 Å². The molecule has 0 aliphatic heterocycles. The number of nitrogens with zero attached hydrogens (tertiary/aromatic N) is 2. The average Bonchev–Trinajstić information content (AvgIpc) is 3.06. The third kappa shape index (κ3) is 5.23. The predicted molar refractivity (Wildman–Crippen MR) is 117 cm³/mol. The monoisotopic (exact) mass is 434 g/mol. The lowest BCUT2D eigenvalue weighted by atomic mass is 10.2. The van der Waals surface area contributed by atoms with Crippen LogP contribution < -0.4 is 15.4 Å². The van der Waals surface area contributed by atoms with Crippen LogP contribution >= 0.6 is 0 Å². The maximum Gasteiger partial charge on any atom is 0.342 e. The van der Waals surface area contributed by atoms with E-state index in [1.165, 1.54) is 12.3 Å². The highest BCUT2D eigenvalue weighted by Gasteiger charge is 2.19. The van der Waals surface area contributed by atoms with E-state index in [1.54, 1.807) is 44.2 Å². The Balaban J connectivity index is 1.64. The molecule has 0 saturated heterocycles. The van der Waals surface area contributed by atoms with Gasteiger partial charge in [0.15, 0.2) is 6.61 Å². The minimum absolute atomic E-state index is 0.0304. The maximum atomic E-state index is 12.6. The molecule has 0 unspecified atom stereocenters. The van der Waals surface area contributed by atoms with E-state index >= 15 is 0 Å².